The molecule has 1 aromatic rings. The summed E-state index contributed by atoms with van der Waals surface area (Å²) in [6.45, 7) is 7.03. The second-order valence-corrected chi connectivity index (χ2v) is 9.15. The fourth-order valence-corrected chi connectivity index (χ4v) is 4.45. The average Bonchev–Trinajstić information content (AvgIpc) is 2.93. The number of hydrogen-bond donors (Lipinski definition) is 0. The first-order valence-corrected chi connectivity index (χ1v) is 10.5. The van der Waals surface area contributed by atoms with Crippen LogP contribution in [-0.4, -0.2) is 29.1 Å². The van der Waals surface area contributed by atoms with E-state index in [1.807, 2.05) is 26.0 Å². The highest BCUT2D eigenvalue weighted by atomic mass is 32.2. The minimum atomic E-state index is -0.161. The van der Waals surface area contributed by atoms with Gasteiger partial charge in [0.15, 0.2) is 0 Å². The van der Waals surface area contributed by atoms with Gasteiger partial charge in [-0.05, 0) is 62.6 Å². The first-order chi connectivity index (χ1) is 12.4. The van der Waals surface area contributed by atoms with E-state index in [1.165, 1.54) is 43.9 Å². The van der Waals surface area contributed by atoms with Crippen molar-refractivity contribution in [2.24, 2.45) is 10.4 Å². The van der Waals surface area contributed by atoms with Crippen LogP contribution in [-0.2, 0) is 11.2 Å². The van der Waals surface area contributed by atoms with Crippen molar-refractivity contribution in [1.29, 1.82) is 0 Å². The van der Waals surface area contributed by atoms with Gasteiger partial charge in [0.1, 0.15) is 5.75 Å². The molecule has 1 heterocycles. The predicted molar refractivity (Wildman–Crippen MR) is 107 cm³/mol. The maximum absolute atomic E-state index is 11.6. The molecule has 1 saturated carbocycles. The van der Waals surface area contributed by atoms with Gasteiger partial charge in [-0.1, -0.05) is 38.3 Å². The summed E-state index contributed by atoms with van der Waals surface area (Å²) < 4.78 is 11.7. The summed E-state index contributed by atoms with van der Waals surface area (Å²) in [5.41, 5.74) is 1.48. The number of thioether (sulfide) groups is 1. The number of hydrogen-bond acceptors (Lipinski definition) is 4. The molecule has 5 heteroatoms. The average molecular weight is 376 g/mol. The first kappa shape index (κ1) is 19.3. The van der Waals surface area contributed by atoms with Crippen LogP contribution in [0.2, 0.25) is 0 Å². The van der Waals surface area contributed by atoms with Gasteiger partial charge in [0.25, 0.3) is 0 Å². The van der Waals surface area contributed by atoms with Crippen molar-refractivity contribution in [3.63, 3.8) is 0 Å². The third-order valence-corrected chi connectivity index (χ3v) is 6.01. The molecule has 1 fully saturated rings. The van der Waals surface area contributed by atoms with Crippen LogP contribution >= 0.6 is 11.8 Å². The highest BCUT2D eigenvalue weighted by Gasteiger charge is 2.30. The molecule has 1 aromatic carbocycles. The predicted octanol–water partition coefficient (Wildman–Crippen LogP) is 5.64. The Morgan fingerprint density at radius 3 is 2.54 bits per heavy atom. The van der Waals surface area contributed by atoms with Crippen molar-refractivity contribution >= 4 is 22.9 Å². The molecule has 1 atom stereocenters. The Hall–Kier alpha value is -1.49. The lowest BCUT2D eigenvalue weighted by molar-refractivity contribution is 0.116. The lowest BCUT2D eigenvalue weighted by Gasteiger charge is -2.33. The molecule has 1 unspecified atom stereocenters. The number of carbonyl (C=O) groups is 1. The highest BCUT2D eigenvalue weighted by Crippen LogP contribution is 2.36. The van der Waals surface area contributed by atoms with E-state index in [0.717, 1.165) is 24.3 Å². The largest absolute Gasteiger partial charge is 0.493 e. The summed E-state index contributed by atoms with van der Waals surface area (Å²) in [6, 6.07) is 8.22. The van der Waals surface area contributed by atoms with E-state index in [4.69, 9.17) is 9.47 Å². The Kier molecular flexibility index (Phi) is 6.28. The molecule has 26 heavy (non-hydrogen) atoms. The van der Waals surface area contributed by atoms with Gasteiger partial charge < -0.3 is 9.47 Å². The summed E-state index contributed by atoms with van der Waals surface area (Å²) in [7, 11) is 0. The van der Waals surface area contributed by atoms with Crippen LogP contribution < -0.4 is 4.74 Å². The molecule has 0 N–H and O–H groups in total. The molecule has 4 nitrogen and oxygen atoms in total. The van der Waals surface area contributed by atoms with Crippen molar-refractivity contribution in [2.45, 2.75) is 70.7 Å². The molecule has 0 aromatic heterocycles. The molecule has 1 aliphatic carbocycles. The van der Waals surface area contributed by atoms with Crippen molar-refractivity contribution in [3.05, 3.63) is 29.8 Å². The SMILES string of the molecule is CC(C)OC1=NC(=O)SC1Cc1ccc(OCC2(C)CCCCC2)cc1. The molecule has 0 radical (unpaired) electrons. The molecule has 1 amide bonds. The molecule has 1 aliphatic heterocycles. The summed E-state index contributed by atoms with van der Waals surface area (Å²) in [4.78, 5) is 15.6. The van der Waals surface area contributed by atoms with E-state index in [-0.39, 0.29) is 16.6 Å². The lowest BCUT2D eigenvalue weighted by atomic mass is 9.76. The standard InChI is InChI=1S/C21H29NO3S/c1-15(2)25-19-18(26-20(23)22-19)13-16-7-9-17(10-8-16)24-14-21(3)11-5-4-6-12-21/h7-10,15,18H,4-6,11-14H2,1-3H3. The minimum absolute atomic E-state index is 0.0275. The Labute approximate surface area is 160 Å². The van der Waals surface area contributed by atoms with Gasteiger partial charge in [0.05, 0.1) is 18.0 Å². The van der Waals surface area contributed by atoms with E-state index in [9.17, 15) is 4.79 Å². The van der Waals surface area contributed by atoms with Crippen molar-refractivity contribution < 1.29 is 14.3 Å². The number of carbonyl (C=O) groups excluding carboxylic acids is 1. The highest BCUT2D eigenvalue weighted by molar-refractivity contribution is 8.15. The normalized spacial score (nSPS) is 22.4. The van der Waals surface area contributed by atoms with Gasteiger partial charge in [-0.3, -0.25) is 4.79 Å². The van der Waals surface area contributed by atoms with Crippen LogP contribution in [0, 0.1) is 5.41 Å². The Balaban J connectivity index is 1.54. The smallest absolute Gasteiger partial charge is 0.308 e. The van der Waals surface area contributed by atoms with Crippen LogP contribution in [0.4, 0.5) is 4.79 Å². The monoisotopic (exact) mass is 375 g/mol. The van der Waals surface area contributed by atoms with Crippen LogP contribution in [0.1, 0.15) is 58.4 Å². The maximum Gasteiger partial charge on any atom is 0.308 e. The lowest BCUT2D eigenvalue weighted by Crippen LogP contribution is -2.27. The molecule has 2 aliphatic rings. The zero-order chi connectivity index (χ0) is 18.6. The third-order valence-electron chi connectivity index (χ3n) is 5.07. The summed E-state index contributed by atoms with van der Waals surface area (Å²) in [5.74, 6) is 1.48. The fourth-order valence-electron chi connectivity index (χ4n) is 3.58. The van der Waals surface area contributed by atoms with E-state index in [2.05, 4.69) is 24.0 Å². The fraction of sp³-hybridized carbons (Fsp3) is 0.619. The van der Waals surface area contributed by atoms with Gasteiger partial charge in [-0.15, -0.1) is 0 Å². The number of rotatable bonds is 6. The molecule has 3 rings (SSSR count). The molecule has 0 bridgehead atoms. The number of aliphatic imine (C=N–C) groups is 1. The van der Waals surface area contributed by atoms with Gasteiger partial charge in [-0.25, -0.2) is 0 Å². The second kappa shape index (κ2) is 8.47. The molecular weight excluding hydrogens is 346 g/mol. The number of benzene rings is 1. The zero-order valence-corrected chi connectivity index (χ0v) is 16.8. The van der Waals surface area contributed by atoms with Crippen LogP contribution in [0.5, 0.6) is 5.75 Å². The van der Waals surface area contributed by atoms with Crippen molar-refractivity contribution in [3.8, 4) is 5.75 Å². The van der Waals surface area contributed by atoms with Gasteiger partial charge in [0.2, 0.25) is 5.90 Å². The van der Waals surface area contributed by atoms with Gasteiger partial charge >= 0.3 is 5.24 Å². The minimum Gasteiger partial charge on any atom is -0.493 e. The van der Waals surface area contributed by atoms with E-state index in [1.54, 1.807) is 0 Å². The summed E-state index contributed by atoms with van der Waals surface area (Å²) in [5, 5.41) is -0.191. The summed E-state index contributed by atoms with van der Waals surface area (Å²) >= 11 is 1.24. The molecule has 0 saturated heterocycles. The van der Waals surface area contributed by atoms with Gasteiger partial charge in [0, 0.05) is 5.41 Å². The van der Waals surface area contributed by atoms with Crippen LogP contribution in [0.25, 0.3) is 0 Å². The third kappa shape index (κ3) is 5.26. The van der Waals surface area contributed by atoms with Crippen molar-refractivity contribution in [1.82, 2.24) is 0 Å². The quantitative estimate of drug-likeness (QED) is 0.646. The Morgan fingerprint density at radius 1 is 1.19 bits per heavy atom. The molecular formula is C21H29NO3S. The van der Waals surface area contributed by atoms with E-state index >= 15 is 0 Å². The zero-order valence-electron chi connectivity index (χ0n) is 16.0. The molecule has 0 spiro atoms. The van der Waals surface area contributed by atoms with Crippen LogP contribution in [0.3, 0.4) is 0 Å². The second-order valence-electron chi connectivity index (χ2n) is 8.00. The van der Waals surface area contributed by atoms with E-state index in [0.29, 0.717) is 11.3 Å². The number of ether oxygens (including phenoxy) is 2. The Morgan fingerprint density at radius 2 is 1.88 bits per heavy atom. The van der Waals surface area contributed by atoms with Crippen LogP contribution in [0.15, 0.2) is 29.3 Å². The number of amides is 1. The topological polar surface area (TPSA) is 47.9 Å². The van der Waals surface area contributed by atoms with Gasteiger partial charge in [-0.2, -0.15) is 4.99 Å². The number of nitrogens with zero attached hydrogens (tertiary/aromatic N) is 1. The molecule has 142 valence electrons. The van der Waals surface area contributed by atoms with Crippen molar-refractivity contribution in [2.75, 3.05) is 6.61 Å². The summed E-state index contributed by atoms with van der Waals surface area (Å²) in [6.07, 6.45) is 7.28. The Bertz CT molecular complexity index is 648. The maximum atomic E-state index is 11.6. The first-order valence-electron chi connectivity index (χ1n) is 9.61. The van der Waals surface area contributed by atoms with E-state index < -0.39 is 0 Å².